The fourth-order valence-corrected chi connectivity index (χ4v) is 3.68. The summed E-state index contributed by atoms with van der Waals surface area (Å²) in [5, 5.41) is 0. The van der Waals surface area contributed by atoms with Crippen molar-refractivity contribution in [2.75, 3.05) is 54.1 Å². The van der Waals surface area contributed by atoms with Crippen molar-refractivity contribution in [1.29, 1.82) is 0 Å². The molecule has 0 aromatic rings. The van der Waals surface area contributed by atoms with Crippen LogP contribution in [0.3, 0.4) is 0 Å². The van der Waals surface area contributed by atoms with Crippen LogP contribution in [-0.2, 0) is 27.9 Å². The van der Waals surface area contributed by atoms with Crippen LogP contribution in [-0.4, -0.2) is 75.6 Å². The molecule has 0 aliphatic heterocycles. The second kappa shape index (κ2) is 18.9. The number of quaternary nitrogens is 1. The van der Waals surface area contributed by atoms with E-state index in [2.05, 4.69) is 6.92 Å². The molecule has 0 saturated carbocycles. The maximum atomic E-state index is 12.1. The first-order chi connectivity index (χ1) is 15.1. The van der Waals surface area contributed by atoms with E-state index in [1.807, 2.05) is 28.1 Å². The zero-order valence-corrected chi connectivity index (χ0v) is 22.1. The molecule has 2 atom stereocenters. The lowest BCUT2D eigenvalue weighted by Gasteiger charge is -2.24. The zero-order valence-electron chi connectivity index (χ0n) is 21.2. The van der Waals surface area contributed by atoms with Gasteiger partial charge in [-0.3, -0.25) is 13.8 Å². The molecule has 192 valence electrons. The summed E-state index contributed by atoms with van der Waals surface area (Å²) in [5.74, 6) is -0.369. The molecular weight excluding hydrogens is 433 g/mol. The molecule has 0 aromatic carbocycles. The molecule has 32 heavy (non-hydrogen) atoms. The third-order valence-corrected chi connectivity index (χ3v) is 5.87. The van der Waals surface area contributed by atoms with E-state index in [1.54, 1.807) is 0 Å². The Morgan fingerprint density at radius 1 is 0.844 bits per heavy atom. The minimum atomic E-state index is -4.22. The Morgan fingerprint density at radius 2 is 1.44 bits per heavy atom. The number of phosphoric acid groups is 1. The number of likely N-dealkylation sites (N-methyl/N-ethyl adjacent to an activating group) is 1. The van der Waals surface area contributed by atoms with Crippen LogP contribution >= 0.6 is 7.82 Å². The number of nitrogens with zero attached hydrogens (tertiary/aromatic N) is 1. The molecule has 0 fully saturated rings. The third kappa shape index (κ3) is 21.4. The van der Waals surface area contributed by atoms with Crippen LogP contribution in [0.4, 0.5) is 0 Å². The monoisotopic (exact) mass is 482 g/mol. The molecule has 1 N–H and O–H groups in total. The summed E-state index contributed by atoms with van der Waals surface area (Å²) in [6.07, 6.45) is 11.3. The summed E-state index contributed by atoms with van der Waals surface area (Å²) in [6, 6.07) is 0. The highest BCUT2D eigenvalue weighted by molar-refractivity contribution is 7.47. The lowest BCUT2D eigenvalue weighted by atomic mass is 10.1. The molecule has 0 aliphatic carbocycles. The first-order valence-corrected chi connectivity index (χ1v) is 13.8. The average Bonchev–Trinajstić information content (AvgIpc) is 2.69. The number of rotatable bonds is 22. The molecular formula is C23H49NO7P+. The Labute approximate surface area is 196 Å². The minimum Gasteiger partial charge on any atom is -0.457 e. The van der Waals surface area contributed by atoms with E-state index in [0.29, 0.717) is 24.1 Å². The largest absolute Gasteiger partial charge is 0.472 e. The second-order valence-corrected chi connectivity index (χ2v) is 10.8. The van der Waals surface area contributed by atoms with Gasteiger partial charge in [-0.2, -0.15) is 0 Å². The predicted molar refractivity (Wildman–Crippen MR) is 127 cm³/mol. The normalized spacial score (nSPS) is 14.8. The summed E-state index contributed by atoms with van der Waals surface area (Å²) in [4.78, 5) is 21.7. The molecule has 8 nitrogen and oxygen atoms in total. The number of unbranched alkanes of at least 4 members (excludes halogenated alkanes) is 8. The number of esters is 1. The Balaban J connectivity index is 4.18. The molecule has 0 spiro atoms. The Kier molecular flexibility index (Phi) is 18.6. The van der Waals surface area contributed by atoms with E-state index >= 15 is 0 Å². The maximum Gasteiger partial charge on any atom is 0.472 e. The molecule has 9 heteroatoms. The quantitative estimate of drug-likeness (QED) is 0.0995. The summed E-state index contributed by atoms with van der Waals surface area (Å²) >= 11 is 0. The summed E-state index contributed by atoms with van der Waals surface area (Å²) in [7, 11) is 1.66. The highest BCUT2D eigenvalue weighted by Crippen LogP contribution is 2.43. The molecule has 0 heterocycles. The smallest absolute Gasteiger partial charge is 0.457 e. The van der Waals surface area contributed by atoms with E-state index in [1.165, 1.54) is 44.9 Å². The maximum absolute atomic E-state index is 12.1. The van der Waals surface area contributed by atoms with Crippen molar-refractivity contribution in [3.8, 4) is 0 Å². The number of hydrogen-bond donors (Lipinski definition) is 1. The summed E-state index contributed by atoms with van der Waals surface area (Å²) in [6.45, 7) is 5.21. The van der Waals surface area contributed by atoms with E-state index in [9.17, 15) is 14.3 Å². The van der Waals surface area contributed by atoms with Crippen molar-refractivity contribution in [2.45, 2.75) is 90.6 Å². The van der Waals surface area contributed by atoms with Crippen LogP contribution in [0.5, 0.6) is 0 Å². The molecule has 0 bridgehead atoms. The minimum absolute atomic E-state index is 0.0900. The number of ether oxygens (including phenoxy) is 2. The first kappa shape index (κ1) is 31.5. The lowest BCUT2D eigenvalue weighted by molar-refractivity contribution is -0.870. The number of carbonyl (C=O) groups is 1. The van der Waals surface area contributed by atoms with Gasteiger partial charge < -0.3 is 18.9 Å². The Bertz CT molecular complexity index is 511. The van der Waals surface area contributed by atoms with Crippen molar-refractivity contribution in [3.63, 3.8) is 0 Å². The fraction of sp³-hybridized carbons (Fsp3) is 0.957. The van der Waals surface area contributed by atoms with Gasteiger partial charge in [-0.05, 0) is 12.8 Å². The van der Waals surface area contributed by atoms with E-state index in [0.717, 1.165) is 12.8 Å². The van der Waals surface area contributed by atoms with Crippen molar-refractivity contribution in [3.05, 3.63) is 0 Å². The van der Waals surface area contributed by atoms with Gasteiger partial charge >= 0.3 is 13.8 Å². The first-order valence-electron chi connectivity index (χ1n) is 12.3. The topological polar surface area (TPSA) is 91.3 Å². The Morgan fingerprint density at radius 3 is 2.00 bits per heavy atom. The van der Waals surface area contributed by atoms with Crippen molar-refractivity contribution in [1.82, 2.24) is 0 Å². The third-order valence-electron chi connectivity index (χ3n) is 4.89. The fourth-order valence-electron chi connectivity index (χ4n) is 2.94. The van der Waals surface area contributed by atoms with Gasteiger partial charge in [-0.15, -0.1) is 0 Å². The summed E-state index contributed by atoms with van der Waals surface area (Å²) < 4.78 is 33.8. The highest BCUT2D eigenvalue weighted by Gasteiger charge is 2.26. The van der Waals surface area contributed by atoms with Gasteiger partial charge in [0, 0.05) is 13.0 Å². The van der Waals surface area contributed by atoms with Gasteiger partial charge in [0.2, 0.25) is 0 Å². The second-order valence-electron chi connectivity index (χ2n) is 9.38. The molecule has 0 radical (unpaired) electrons. The average molecular weight is 483 g/mol. The van der Waals surface area contributed by atoms with Crippen LogP contribution < -0.4 is 0 Å². The van der Waals surface area contributed by atoms with Crippen molar-refractivity contribution < 1.29 is 37.3 Å². The lowest BCUT2D eigenvalue weighted by Crippen LogP contribution is -2.37. The number of hydrogen-bond acceptors (Lipinski definition) is 6. The van der Waals surface area contributed by atoms with Gasteiger partial charge in [0.05, 0.1) is 34.4 Å². The van der Waals surface area contributed by atoms with E-state index < -0.39 is 13.9 Å². The van der Waals surface area contributed by atoms with Crippen LogP contribution in [0.1, 0.15) is 84.5 Å². The number of phosphoric ester groups is 1. The Hall–Kier alpha value is -0.500. The van der Waals surface area contributed by atoms with Gasteiger partial charge in [0.15, 0.2) is 0 Å². The van der Waals surface area contributed by atoms with E-state index in [4.69, 9.17) is 18.5 Å². The van der Waals surface area contributed by atoms with Crippen molar-refractivity contribution >= 4 is 13.8 Å². The van der Waals surface area contributed by atoms with Crippen LogP contribution in [0.2, 0.25) is 0 Å². The SMILES string of the molecule is CCCCCCCCCCCOCC(COP(=O)(O)OCC[N+](C)(C)C)OC(=O)CCC. The van der Waals surface area contributed by atoms with Gasteiger partial charge in [0.25, 0.3) is 0 Å². The predicted octanol–water partition coefficient (Wildman–Crippen LogP) is 5.09. The molecule has 0 saturated heterocycles. The van der Waals surface area contributed by atoms with Gasteiger partial charge in [-0.1, -0.05) is 65.2 Å². The molecule has 2 unspecified atom stereocenters. The highest BCUT2D eigenvalue weighted by atomic mass is 31.2. The number of carbonyl (C=O) groups excluding carboxylic acids is 1. The molecule has 0 aromatic heterocycles. The molecule has 0 rings (SSSR count). The van der Waals surface area contributed by atoms with Crippen LogP contribution in [0, 0.1) is 0 Å². The summed E-state index contributed by atoms with van der Waals surface area (Å²) in [5.41, 5.74) is 0. The van der Waals surface area contributed by atoms with Gasteiger partial charge in [0.1, 0.15) is 19.3 Å². The molecule has 0 aliphatic rings. The zero-order chi connectivity index (χ0) is 24.3. The van der Waals surface area contributed by atoms with E-state index in [-0.39, 0.29) is 32.2 Å². The van der Waals surface area contributed by atoms with Crippen LogP contribution in [0.25, 0.3) is 0 Å². The van der Waals surface area contributed by atoms with Gasteiger partial charge in [-0.25, -0.2) is 4.57 Å². The van der Waals surface area contributed by atoms with Crippen molar-refractivity contribution in [2.24, 2.45) is 0 Å². The standard InChI is InChI=1S/C23H48NO7P/c1-6-8-9-10-11-12-13-14-15-18-28-20-22(31-23(25)16-7-2)21-30-32(26,27)29-19-17-24(3,4)5/h22H,6-21H2,1-5H3/p+1. The molecule has 0 amide bonds. The van der Waals surface area contributed by atoms with Crippen LogP contribution in [0.15, 0.2) is 0 Å².